The van der Waals surface area contributed by atoms with E-state index >= 15 is 0 Å². The van der Waals surface area contributed by atoms with Gasteiger partial charge in [-0.1, -0.05) is 78.9 Å². The lowest BCUT2D eigenvalue weighted by Gasteiger charge is -2.22. The molecular formula is C23H23NO. The van der Waals surface area contributed by atoms with Crippen LogP contribution < -0.4 is 0 Å². The van der Waals surface area contributed by atoms with Crippen LogP contribution in [-0.2, 0) is 4.74 Å². The van der Waals surface area contributed by atoms with Crippen LogP contribution >= 0.6 is 0 Å². The molecule has 0 aromatic heterocycles. The molecule has 2 heteroatoms. The number of hydrogen-bond acceptors (Lipinski definition) is 2. The highest BCUT2D eigenvalue weighted by molar-refractivity contribution is 5.89. The van der Waals surface area contributed by atoms with Gasteiger partial charge in [0.2, 0.25) is 5.90 Å². The van der Waals surface area contributed by atoms with Gasteiger partial charge in [-0.3, -0.25) is 0 Å². The fraction of sp³-hybridized carbons (Fsp3) is 0.174. The van der Waals surface area contributed by atoms with Gasteiger partial charge in [0, 0.05) is 0 Å². The average molecular weight is 329 g/mol. The van der Waals surface area contributed by atoms with Crippen molar-refractivity contribution in [2.45, 2.75) is 25.9 Å². The van der Waals surface area contributed by atoms with E-state index in [0.29, 0.717) is 0 Å². The van der Waals surface area contributed by atoms with Gasteiger partial charge in [0.25, 0.3) is 0 Å². The van der Waals surface area contributed by atoms with Gasteiger partial charge in [-0.2, -0.15) is 0 Å². The summed E-state index contributed by atoms with van der Waals surface area (Å²) >= 11 is 0. The molecule has 0 atom stereocenters. The first kappa shape index (κ1) is 17.0. The SMILES string of the molecule is CC(C)OC(=Nc1ccccc1)C(c1ccccc1)c1ccccc1. The fourth-order valence-corrected chi connectivity index (χ4v) is 2.80. The molecule has 3 rings (SSSR count). The summed E-state index contributed by atoms with van der Waals surface area (Å²) in [6.07, 6.45) is 0.0531. The zero-order valence-electron chi connectivity index (χ0n) is 14.7. The maximum atomic E-state index is 6.18. The molecule has 126 valence electrons. The second kappa shape index (κ2) is 8.29. The zero-order chi connectivity index (χ0) is 17.5. The Morgan fingerprint density at radius 3 is 1.56 bits per heavy atom. The summed E-state index contributed by atoms with van der Waals surface area (Å²) in [5.74, 6) is 0.684. The summed E-state index contributed by atoms with van der Waals surface area (Å²) in [7, 11) is 0. The predicted molar refractivity (Wildman–Crippen MR) is 104 cm³/mol. The van der Waals surface area contributed by atoms with E-state index in [4.69, 9.17) is 9.73 Å². The minimum atomic E-state index is -0.0370. The second-order valence-corrected chi connectivity index (χ2v) is 6.21. The van der Waals surface area contributed by atoms with Gasteiger partial charge in [-0.25, -0.2) is 4.99 Å². The maximum absolute atomic E-state index is 6.18. The summed E-state index contributed by atoms with van der Waals surface area (Å²) < 4.78 is 6.18. The molecule has 0 heterocycles. The van der Waals surface area contributed by atoms with Crippen molar-refractivity contribution in [3.05, 3.63) is 102 Å². The molecule has 0 aliphatic rings. The summed E-state index contributed by atoms with van der Waals surface area (Å²) in [5.41, 5.74) is 3.24. The van der Waals surface area contributed by atoms with Gasteiger partial charge >= 0.3 is 0 Å². The van der Waals surface area contributed by atoms with Gasteiger partial charge < -0.3 is 4.74 Å². The van der Waals surface area contributed by atoms with Crippen molar-refractivity contribution in [1.82, 2.24) is 0 Å². The van der Waals surface area contributed by atoms with Gasteiger partial charge in [0.05, 0.1) is 17.7 Å². The molecule has 0 unspecified atom stereocenters. The fourth-order valence-electron chi connectivity index (χ4n) is 2.80. The van der Waals surface area contributed by atoms with Crippen molar-refractivity contribution in [3.8, 4) is 0 Å². The quantitative estimate of drug-likeness (QED) is 0.417. The van der Waals surface area contributed by atoms with E-state index in [1.807, 2.05) is 56.3 Å². The molecule has 0 bridgehead atoms. The van der Waals surface area contributed by atoms with Crippen molar-refractivity contribution in [3.63, 3.8) is 0 Å². The number of para-hydroxylation sites is 1. The van der Waals surface area contributed by atoms with E-state index in [1.54, 1.807) is 0 Å². The third-order valence-corrected chi connectivity index (χ3v) is 3.86. The molecule has 0 N–H and O–H groups in total. The Bertz CT molecular complexity index is 756. The van der Waals surface area contributed by atoms with Gasteiger partial charge in [-0.15, -0.1) is 0 Å². The van der Waals surface area contributed by atoms with Crippen LogP contribution in [0.25, 0.3) is 0 Å². The van der Waals surface area contributed by atoms with Gasteiger partial charge in [0.15, 0.2) is 0 Å². The van der Waals surface area contributed by atoms with Crippen LogP contribution in [0.15, 0.2) is 96.0 Å². The molecule has 0 fully saturated rings. The van der Waals surface area contributed by atoms with Crippen LogP contribution in [0.4, 0.5) is 5.69 Å². The first-order valence-electron chi connectivity index (χ1n) is 8.64. The lowest BCUT2D eigenvalue weighted by molar-refractivity contribution is 0.220. The van der Waals surface area contributed by atoms with Crippen LogP contribution in [-0.4, -0.2) is 12.0 Å². The molecule has 3 aromatic rings. The summed E-state index contributed by atoms with van der Waals surface area (Å²) in [6.45, 7) is 4.07. The van der Waals surface area contributed by atoms with E-state index in [2.05, 4.69) is 48.5 Å². The molecule has 3 aromatic carbocycles. The topological polar surface area (TPSA) is 21.6 Å². The Morgan fingerprint density at radius 2 is 1.12 bits per heavy atom. The van der Waals surface area contributed by atoms with E-state index in [0.717, 1.165) is 11.6 Å². The van der Waals surface area contributed by atoms with Crippen LogP contribution in [0.5, 0.6) is 0 Å². The first-order chi connectivity index (χ1) is 12.2. The summed E-state index contributed by atoms with van der Waals surface area (Å²) in [5, 5.41) is 0. The first-order valence-corrected chi connectivity index (χ1v) is 8.64. The number of nitrogens with zero attached hydrogens (tertiary/aromatic N) is 1. The standard InChI is InChI=1S/C23H23NO/c1-18(2)25-23(24-21-16-10-5-11-17-21)22(19-12-6-3-7-13-19)20-14-8-4-9-15-20/h3-18,22H,1-2H3. The smallest absolute Gasteiger partial charge is 0.201 e. The Hall–Kier alpha value is -2.87. The number of aliphatic imine (C=N–C) groups is 1. The van der Waals surface area contributed by atoms with E-state index in [-0.39, 0.29) is 12.0 Å². The highest BCUT2D eigenvalue weighted by Gasteiger charge is 2.23. The molecule has 0 saturated heterocycles. The monoisotopic (exact) mass is 329 g/mol. The molecule has 0 aliphatic heterocycles. The third-order valence-electron chi connectivity index (χ3n) is 3.86. The van der Waals surface area contributed by atoms with E-state index in [1.165, 1.54) is 11.1 Å². The Morgan fingerprint density at radius 1 is 0.680 bits per heavy atom. The normalized spacial score (nSPS) is 11.8. The largest absolute Gasteiger partial charge is 0.477 e. The minimum absolute atomic E-state index is 0.0370. The molecule has 0 aliphatic carbocycles. The zero-order valence-corrected chi connectivity index (χ0v) is 14.7. The minimum Gasteiger partial charge on any atom is -0.477 e. The highest BCUT2D eigenvalue weighted by atomic mass is 16.5. The molecule has 0 radical (unpaired) electrons. The molecule has 0 amide bonds. The van der Waals surface area contributed by atoms with E-state index in [9.17, 15) is 0 Å². The lowest BCUT2D eigenvalue weighted by atomic mass is 9.91. The van der Waals surface area contributed by atoms with Crippen molar-refractivity contribution >= 4 is 11.6 Å². The lowest BCUT2D eigenvalue weighted by Crippen LogP contribution is -2.21. The number of hydrogen-bond donors (Lipinski definition) is 0. The average Bonchev–Trinajstić information content (AvgIpc) is 2.64. The van der Waals surface area contributed by atoms with Crippen LogP contribution in [0.2, 0.25) is 0 Å². The van der Waals surface area contributed by atoms with Crippen LogP contribution in [0.3, 0.4) is 0 Å². The highest BCUT2D eigenvalue weighted by Crippen LogP contribution is 2.29. The van der Waals surface area contributed by atoms with Gasteiger partial charge in [-0.05, 0) is 37.1 Å². The van der Waals surface area contributed by atoms with Crippen LogP contribution in [0.1, 0.15) is 30.9 Å². The second-order valence-electron chi connectivity index (χ2n) is 6.21. The number of ether oxygens (including phenoxy) is 1. The molecule has 0 saturated carbocycles. The Kier molecular flexibility index (Phi) is 5.63. The predicted octanol–water partition coefficient (Wildman–Crippen LogP) is 5.97. The summed E-state index contributed by atoms with van der Waals surface area (Å²) in [6, 6.07) is 30.8. The molecule has 2 nitrogen and oxygen atoms in total. The maximum Gasteiger partial charge on any atom is 0.201 e. The molecular weight excluding hydrogens is 306 g/mol. The Balaban J connectivity index is 2.11. The number of rotatable bonds is 5. The molecule has 0 spiro atoms. The molecule has 25 heavy (non-hydrogen) atoms. The van der Waals surface area contributed by atoms with Crippen molar-refractivity contribution in [2.75, 3.05) is 0 Å². The number of benzene rings is 3. The van der Waals surface area contributed by atoms with E-state index < -0.39 is 0 Å². The third kappa shape index (κ3) is 4.57. The summed E-state index contributed by atoms with van der Waals surface area (Å²) in [4.78, 5) is 4.85. The van der Waals surface area contributed by atoms with Crippen LogP contribution in [0, 0.1) is 0 Å². The Labute approximate surface area is 149 Å². The van der Waals surface area contributed by atoms with Crippen molar-refractivity contribution < 1.29 is 4.74 Å². The van der Waals surface area contributed by atoms with Crippen molar-refractivity contribution in [2.24, 2.45) is 4.99 Å². The van der Waals surface area contributed by atoms with Crippen molar-refractivity contribution in [1.29, 1.82) is 0 Å². The van der Waals surface area contributed by atoms with Gasteiger partial charge in [0.1, 0.15) is 0 Å².